The number of imidazole rings is 1. The third kappa shape index (κ3) is 2.22. The Morgan fingerprint density at radius 3 is 2.94 bits per heavy atom. The minimum atomic E-state index is -0.245. The van der Waals surface area contributed by atoms with Gasteiger partial charge in [0, 0.05) is 18.8 Å². The van der Waals surface area contributed by atoms with Crippen LogP contribution in [0.2, 0.25) is 0 Å². The number of aromatic nitrogens is 3. The fraction of sp³-hybridized carbons (Fsp3) is 0.143. The Hall–Kier alpha value is -2.23. The van der Waals surface area contributed by atoms with Crippen LogP contribution in [0.1, 0.15) is 11.4 Å². The van der Waals surface area contributed by atoms with Gasteiger partial charge in [-0.2, -0.15) is 0 Å². The predicted molar refractivity (Wildman–Crippen MR) is 67.7 cm³/mol. The SMILES string of the molecule is Fc1ccc2nc(CCc3cccnc3)[nH]c2c1. The third-order valence-electron chi connectivity index (χ3n) is 2.87. The van der Waals surface area contributed by atoms with Crippen LogP contribution in [0.3, 0.4) is 0 Å². The topological polar surface area (TPSA) is 41.6 Å². The number of fused-ring (bicyclic) bond motifs is 1. The molecule has 0 amide bonds. The van der Waals surface area contributed by atoms with Gasteiger partial charge in [-0.15, -0.1) is 0 Å². The Kier molecular flexibility index (Phi) is 2.76. The van der Waals surface area contributed by atoms with Crippen LogP contribution in [0.4, 0.5) is 4.39 Å². The van der Waals surface area contributed by atoms with Crippen LogP contribution in [-0.4, -0.2) is 15.0 Å². The molecule has 3 nitrogen and oxygen atoms in total. The maximum Gasteiger partial charge on any atom is 0.125 e. The summed E-state index contributed by atoms with van der Waals surface area (Å²) in [4.78, 5) is 11.6. The first-order chi connectivity index (χ1) is 8.81. The second-order valence-electron chi connectivity index (χ2n) is 4.21. The molecule has 3 rings (SSSR count). The average molecular weight is 241 g/mol. The molecule has 90 valence electrons. The second kappa shape index (κ2) is 4.56. The Labute approximate surface area is 104 Å². The zero-order valence-electron chi connectivity index (χ0n) is 9.73. The van der Waals surface area contributed by atoms with E-state index >= 15 is 0 Å². The smallest absolute Gasteiger partial charge is 0.125 e. The molecule has 0 radical (unpaired) electrons. The lowest BCUT2D eigenvalue weighted by Crippen LogP contribution is -1.93. The number of H-pyrrole nitrogens is 1. The summed E-state index contributed by atoms with van der Waals surface area (Å²) in [6, 6.07) is 8.54. The molecule has 0 bridgehead atoms. The summed E-state index contributed by atoms with van der Waals surface area (Å²) in [5.74, 6) is 0.629. The summed E-state index contributed by atoms with van der Waals surface area (Å²) in [5.41, 5.74) is 2.72. The highest BCUT2D eigenvalue weighted by Gasteiger charge is 2.04. The van der Waals surface area contributed by atoms with Crippen molar-refractivity contribution in [3.05, 3.63) is 59.9 Å². The lowest BCUT2D eigenvalue weighted by Gasteiger charge is -1.97. The van der Waals surface area contributed by atoms with Gasteiger partial charge in [0.2, 0.25) is 0 Å². The minimum absolute atomic E-state index is 0.245. The van der Waals surface area contributed by atoms with Crippen LogP contribution < -0.4 is 0 Å². The fourth-order valence-corrected chi connectivity index (χ4v) is 1.96. The van der Waals surface area contributed by atoms with E-state index in [-0.39, 0.29) is 5.82 Å². The van der Waals surface area contributed by atoms with Crippen LogP contribution in [0.25, 0.3) is 11.0 Å². The quantitative estimate of drug-likeness (QED) is 0.766. The number of pyridine rings is 1. The van der Waals surface area contributed by atoms with Gasteiger partial charge >= 0.3 is 0 Å². The van der Waals surface area contributed by atoms with Crippen LogP contribution >= 0.6 is 0 Å². The van der Waals surface area contributed by atoms with Crippen LogP contribution in [0.5, 0.6) is 0 Å². The standard InChI is InChI=1S/C14H12FN3/c15-11-4-5-12-13(8-11)18-14(17-12)6-3-10-2-1-7-16-9-10/h1-2,4-5,7-9H,3,6H2,(H,17,18). The van der Waals surface area contributed by atoms with Crippen molar-refractivity contribution in [3.8, 4) is 0 Å². The van der Waals surface area contributed by atoms with Crippen molar-refractivity contribution in [3.63, 3.8) is 0 Å². The largest absolute Gasteiger partial charge is 0.342 e. The van der Waals surface area contributed by atoms with Crippen LogP contribution in [0.15, 0.2) is 42.7 Å². The number of benzene rings is 1. The molecule has 1 N–H and O–H groups in total. The number of aromatic amines is 1. The summed E-state index contributed by atoms with van der Waals surface area (Å²) in [6.45, 7) is 0. The first kappa shape index (κ1) is 10.9. The Morgan fingerprint density at radius 2 is 2.11 bits per heavy atom. The predicted octanol–water partition coefficient (Wildman–Crippen LogP) is 2.88. The molecule has 1 aromatic carbocycles. The Morgan fingerprint density at radius 1 is 1.17 bits per heavy atom. The number of halogens is 1. The van der Waals surface area contributed by atoms with Gasteiger partial charge in [-0.3, -0.25) is 4.98 Å². The highest BCUT2D eigenvalue weighted by molar-refractivity contribution is 5.74. The molecule has 0 saturated carbocycles. The van der Waals surface area contributed by atoms with Crippen molar-refractivity contribution in [1.29, 1.82) is 0 Å². The normalized spacial score (nSPS) is 10.9. The Bertz CT molecular complexity index is 661. The van der Waals surface area contributed by atoms with E-state index in [9.17, 15) is 4.39 Å². The lowest BCUT2D eigenvalue weighted by molar-refractivity contribution is 0.629. The number of aryl methyl sites for hydroxylation is 2. The Balaban J connectivity index is 1.79. The highest BCUT2D eigenvalue weighted by Crippen LogP contribution is 2.14. The van der Waals surface area contributed by atoms with E-state index < -0.39 is 0 Å². The van der Waals surface area contributed by atoms with E-state index in [0.29, 0.717) is 0 Å². The zero-order chi connectivity index (χ0) is 12.4. The minimum Gasteiger partial charge on any atom is -0.342 e. The summed E-state index contributed by atoms with van der Waals surface area (Å²) < 4.78 is 13.0. The molecule has 2 heterocycles. The van der Waals surface area contributed by atoms with Gasteiger partial charge < -0.3 is 4.98 Å². The molecule has 18 heavy (non-hydrogen) atoms. The molecule has 0 aliphatic carbocycles. The van der Waals surface area contributed by atoms with Crippen LogP contribution in [0, 0.1) is 5.82 Å². The van der Waals surface area contributed by atoms with E-state index in [4.69, 9.17) is 0 Å². The molecule has 0 aliphatic rings. The molecular weight excluding hydrogens is 229 g/mol. The van der Waals surface area contributed by atoms with Crippen molar-refractivity contribution >= 4 is 11.0 Å². The van der Waals surface area contributed by atoms with E-state index in [1.807, 2.05) is 18.3 Å². The lowest BCUT2D eigenvalue weighted by atomic mass is 10.1. The van der Waals surface area contributed by atoms with Gasteiger partial charge in [-0.25, -0.2) is 9.37 Å². The average Bonchev–Trinajstić information content (AvgIpc) is 2.79. The summed E-state index contributed by atoms with van der Waals surface area (Å²) in [5, 5.41) is 0. The molecule has 3 aromatic rings. The summed E-state index contributed by atoms with van der Waals surface area (Å²) >= 11 is 0. The van der Waals surface area contributed by atoms with Crippen molar-refractivity contribution < 1.29 is 4.39 Å². The maximum atomic E-state index is 13.0. The van der Waals surface area contributed by atoms with Crippen LogP contribution in [-0.2, 0) is 12.8 Å². The van der Waals surface area contributed by atoms with E-state index in [1.165, 1.54) is 17.7 Å². The van der Waals surface area contributed by atoms with Crippen molar-refractivity contribution in [2.45, 2.75) is 12.8 Å². The number of nitrogens with zero attached hydrogens (tertiary/aromatic N) is 2. The maximum absolute atomic E-state index is 13.0. The molecule has 0 aliphatic heterocycles. The van der Waals surface area contributed by atoms with Crippen molar-refractivity contribution in [2.24, 2.45) is 0 Å². The van der Waals surface area contributed by atoms with Gasteiger partial charge in [-0.05, 0) is 36.2 Å². The third-order valence-corrected chi connectivity index (χ3v) is 2.87. The monoisotopic (exact) mass is 241 g/mol. The van der Waals surface area contributed by atoms with Crippen molar-refractivity contribution in [1.82, 2.24) is 15.0 Å². The fourth-order valence-electron chi connectivity index (χ4n) is 1.96. The zero-order valence-corrected chi connectivity index (χ0v) is 9.73. The van der Waals surface area contributed by atoms with Gasteiger partial charge in [0.05, 0.1) is 11.0 Å². The van der Waals surface area contributed by atoms with Gasteiger partial charge in [0.15, 0.2) is 0 Å². The second-order valence-corrected chi connectivity index (χ2v) is 4.21. The molecule has 0 unspecified atom stereocenters. The molecule has 2 aromatic heterocycles. The highest BCUT2D eigenvalue weighted by atomic mass is 19.1. The molecule has 0 spiro atoms. The summed E-state index contributed by atoms with van der Waals surface area (Å²) in [7, 11) is 0. The number of nitrogens with one attached hydrogen (secondary N) is 1. The first-order valence-corrected chi connectivity index (χ1v) is 5.84. The van der Waals surface area contributed by atoms with Gasteiger partial charge in [-0.1, -0.05) is 6.07 Å². The summed E-state index contributed by atoms with van der Waals surface area (Å²) in [6.07, 6.45) is 5.27. The van der Waals surface area contributed by atoms with E-state index in [0.717, 1.165) is 29.7 Å². The van der Waals surface area contributed by atoms with E-state index in [1.54, 1.807) is 12.3 Å². The molecule has 0 fully saturated rings. The molecule has 0 saturated heterocycles. The molecular formula is C14H12FN3. The van der Waals surface area contributed by atoms with Crippen molar-refractivity contribution in [2.75, 3.05) is 0 Å². The molecule has 0 atom stereocenters. The molecule has 4 heteroatoms. The number of hydrogen-bond donors (Lipinski definition) is 1. The van der Waals surface area contributed by atoms with E-state index in [2.05, 4.69) is 15.0 Å². The van der Waals surface area contributed by atoms with Gasteiger partial charge in [0.25, 0.3) is 0 Å². The number of rotatable bonds is 3. The number of hydrogen-bond acceptors (Lipinski definition) is 2. The first-order valence-electron chi connectivity index (χ1n) is 5.84. The van der Waals surface area contributed by atoms with Gasteiger partial charge in [0.1, 0.15) is 11.6 Å².